The summed E-state index contributed by atoms with van der Waals surface area (Å²) in [5, 5.41) is 8.50. The lowest BCUT2D eigenvalue weighted by Crippen LogP contribution is -2.22. The van der Waals surface area contributed by atoms with Crippen molar-refractivity contribution in [2.75, 3.05) is 0 Å². The monoisotopic (exact) mass is 190 g/mol. The predicted molar refractivity (Wildman–Crippen MR) is 44.9 cm³/mol. The zero-order valence-electron chi connectivity index (χ0n) is 6.86. The molecule has 0 radical (unpaired) electrons. The fourth-order valence-corrected chi connectivity index (χ4v) is 1.16. The number of carbonyl (C=O) groups excluding carboxylic acids is 1. The fraction of sp³-hybridized carbons (Fsp3) is 0.714. The standard InChI is InChI=1S/C7H10O4S/c1-7(2)10-4(3-5(8)12)6(9)11-7/h4H,3H2,1-2H3,(H,8,12)/t4-/m0/s1. The summed E-state index contributed by atoms with van der Waals surface area (Å²) >= 11 is 4.43. The van der Waals surface area contributed by atoms with Gasteiger partial charge in [-0.25, -0.2) is 4.79 Å². The molecule has 0 aromatic rings. The maximum atomic E-state index is 11.0. The number of rotatable bonds is 2. The predicted octanol–water partition coefficient (Wildman–Crippen LogP) is 0.940. The Bertz CT molecular complexity index is 223. The molecular weight excluding hydrogens is 180 g/mol. The number of hydrogen-bond donors (Lipinski definition) is 1. The van der Waals surface area contributed by atoms with Crippen molar-refractivity contribution in [3.63, 3.8) is 0 Å². The van der Waals surface area contributed by atoms with E-state index < -0.39 is 17.9 Å². The van der Waals surface area contributed by atoms with Gasteiger partial charge in [0.25, 0.3) is 0 Å². The van der Waals surface area contributed by atoms with Gasteiger partial charge in [-0.05, 0) is 12.2 Å². The van der Waals surface area contributed by atoms with Crippen LogP contribution < -0.4 is 0 Å². The van der Waals surface area contributed by atoms with Gasteiger partial charge < -0.3 is 14.6 Å². The molecule has 1 saturated heterocycles. The summed E-state index contributed by atoms with van der Waals surface area (Å²) in [7, 11) is 0. The van der Waals surface area contributed by atoms with Gasteiger partial charge in [0.15, 0.2) is 11.2 Å². The van der Waals surface area contributed by atoms with Gasteiger partial charge in [-0.1, -0.05) is 0 Å². The first kappa shape index (κ1) is 9.41. The number of hydrogen-bond acceptors (Lipinski definition) is 4. The molecule has 0 amide bonds. The zero-order valence-corrected chi connectivity index (χ0v) is 7.68. The van der Waals surface area contributed by atoms with Crippen LogP contribution in [0.4, 0.5) is 0 Å². The van der Waals surface area contributed by atoms with Crippen molar-refractivity contribution in [2.24, 2.45) is 0 Å². The van der Waals surface area contributed by atoms with E-state index in [2.05, 4.69) is 12.2 Å². The second-order valence-electron chi connectivity index (χ2n) is 3.03. The van der Waals surface area contributed by atoms with E-state index in [-0.39, 0.29) is 11.5 Å². The van der Waals surface area contributed by atoms with Gasteiger partial charge in [0, 0.05) is 13.8 Å². The molecule has 1 atom stereocenters. The molecule has 1 rings (SSSR count). The van der Waals surface area contributed by atoms with Gasteiger partial charge in [-0.3, -0.25) is 0 Å². The molecule has 1 heterocycles. The molecule has 12 heavy (non-hydrogen) atoms. The van der Waals surface area contributed by atoms with Crippen LogP contribution in [0.1, 0.15) is 20.3 Å². The minimum Gasteiger partial charge on any atom is -0.502 e. The van der Waals surface area contributed by atoms with Crippen molar-refractivity contribution in [2.45, 2.75) is 32.2 Å². The Morgan fingerprint density at radius 3 is 2.67 bits per heavy atom. The highest BCUT2D eigenvalue weighted by Gasteiger charge is 2.41. The topological polar surface area (TPSA) is 55.8 Å². The smallest absolute Gasteiger partial charge is 0.338 e. The van der Waals surface area contributed by atoms with E-state index in [1.54, 1.807) is 13.8 Å². The van der Waals surface area contributed by atoms with Crippen molar-refractivity contribution in [3.8, 4) is 0 Å². The van der Waals surface area contributed by atoms with Gasteiger partial charge in [-0.15, -0.1) is 0 Å². The van der Waals surface area contributed by atoms with Crippen molar-refractivity contribution < 1.29 is 19.4 Å². The number of thiocarbonyl (C=S) groups is 1. The van der Waals surface area contributed by atoms with Crippen LogP contribution in [-0.4, -0.2) is 28.0 Å². The molecule has 0 saturated carbocycles. The third-order valence-corrected chi connectivity index (χ3v) is 1.56. The van der Waals surface area contributed by atoms with E-state index in [4.69, 9.17) is 14.6 Å². The Labute approximate surface area is 75.5 Å². The van der Waals surface area contributed by atoms with Crippen LogP contribution >= 0.6 is 12.2 Å². The van der Waals surface area contributed by atoms with Crippen LogP contribution in [0.15, 0.2) is 0 Å². The van der Waals surface area contributed by atoms with Crippen molar-refractivity contribution in [3.05, 3.63) is 0 Å². The van der Waals surface area contributed by atoms with Crippen molar-refractivity contribution in [1.82, 2.24) is 0 Å². The molecule has 0 aromatic carbocycles. The Morgan fingerprint density at radius 1 is 1.75 bits per heavy atom. The molecule has 1 aliphatic rings. The Morgan fingerprint density at radius 2 is 2.33 bits per heavy atom. The summed E-state index contributed by atoms with van der Waals surface area (Å²) in [6.45, 7) is 3.26. The summed E-state index contributed by atoms with van der Waals surface area (Å²) in [5.74, 6) is -1.37. The van der Waals surface area contributed by atoms with E-state index in [0.717, 1.165) is 0 Å². The lowest BCUT2D eigenvalue weighted by Gasteiger charge is -2.14. The zero-order chi connectivity index (χ0) is 9.35. The summed E-state index contributed by atoms with van der Waals surface area (Å²) in [6, 6.07) is 0. The normalized spacial score (nSPS) is 26.8. The van der Waals surface area contributed by atoms with Crippen LogP contribution in [0.25, 0.3) is 0 Å². The molecular formula is C7H10O4S. The van der Waals surface area contributed by atoms with E-state index in [1.165, 1.54) is 0 Å². The molecule has 1 N–H and O–H groups in total. The minimum absolute atomic E-state index is 0.0254. The molecule has 0 spiro atoms. The summed E-state index contributed by atoms with van der Waals surface area (Å²) < 4.78 is 9.98. The van der Waals surface area contributed by atoms with Crippen LogP contribution in [0.3, 0.4) is 0 Å². The van der Waals surface area contributed by atoms with E-state index in [1.807, 2.05) is 0 Å². The lowest BCUT2D eigenvalue weighted by atomic mass is 10.3. The fourth-order valence-electron chi connectivity index (χ4n) is 1.01. The minimum atomic E-state index is -0.896. The summed E-state index contributed by atoms with van der Waals surface area (Å²) in [4.78, 5) is 11.0. The summed E-state index contributed by atoms with van der Waals surface area (Å²) in [5.41, 5.74) is 0. The van der Waals surface area contributed by atoms with Crippen LogP contribution in [0.2, 0.25) is 0 Å². The molecule has 5 heteroatoms. The quantitative estimate of drug-likeness (QED) is 0.518. The number of cyclic esters (lactones) is 1. The van der Waals surface area contributed by atoms with Crippen molar-refractivity contribution in [1.29, 1.82) is 0 Å². The van der Waals surface area contributed by atoms with Crippen molar-refractivity contribution >= 4 is 23.2 Å². The number of aliphatic hydroxyl groups is 1. The Balaban J connectivity index is 2.58. The Hall–Kier alpha value is -0.680. The van der Waals surface area contributed by atoms with Crippen LogP contribution in [-0.2, 0) is 14.3 Å². The van der Waals surface area contributed by atoms with E-state index in [0.29, 0.717) is 0 Å². The largest absolute Gasteiger partial charge is 0.502 e. The molecule has 68 valence electrons. The second-order valence-corrected chi connectivity index (χ2v) is 3.50. The number of esters is 1. The first-order valence-electron chi connectivity index (χ1n) is 3.53. The molecule has 0 aliphatic carbocycles. The van der Waals surface area contributed by atoms with Gasteiger partial charge in [-0.2, -0.15) is 0 Å². The molecule has 0 bridgehead atoms. The number of carbonyl (C=O) groups is 1. The van der Waals surface area contributed by atoms with E-state index in [9.17, 15) is 4.79 Å². The number of ether oxygens (including phenoxy) is 2. The molecule has 0 aromatic heterocycles. The van der Waals surface area contributed by atoms with Gasteiger partial charge in [0.05, 0.1) is 6.42 Å². The molecule has 1 aliphatic heterocycles. The summed E-state index contributed by atoms with van der Waals surface area (Å²) in [6.07, 6.45) is -0.727. The maximum Gasteiger partial charge on any atom is 0.338 e. The third-order valence-electron chi connectivity index (χ3n) is 1.40. The van der Waals surface area contributed by atoms with E-state index >= 15 is 0 Å². The first-order chi connectivity index (χ1) is 5.41. The third kappa shape index (κ3) is 2.15. The van der Waals surface area contributed by atoms with Gasteiger partial charge in [0.1, 0.15) is 0 Å². The average molecular weight is 190 g/mol. The average Bonchev–Trinajstić information content (AvgIpc) is 2.03. The van der Waals surface area contributed by atoms with Gasteiger partial charge >= 0.3 is 5.97 Å². The highest BCUT2D eigenvalue weighted by molar-refractivity contribution is 7.80. The SMILES string of the molecule is CC1(C)OC(=O)[C@H](CC(O)=S)O1. The van der Waals surface area contributed by atoms with Crippen LogP contribution in [0.5, 0.6) is 0 Å². The Kier molecular flexibility index (Phi) is 2.34. The number of aliphatic hydroxyl groups excluding tert-OH is 1. The molecule has 4 nitrogen and oxygen atoms in total. The molecule has 0 unspecified atom stereocenters. The first-order valence-corrected chi connectivity index (χ1v) is 3.94. The highest BCUT2D eigenvalue weighted by atomic mass is 32.1. The van der Waals surface area contributed by atoms with Crippen LogP contribution in [0, 0.1) is 0 Å². The second kappa shape index (κ2) is 2.99. The maximum absolute atomic E-state index is 11.0. The van der Waals surface area contributed by atoms with Gasteiger partial charge in [0.2, 0.25) is 5.79 Å². The molecule has 1 fully saturated rings. The highest BCUT2D eigenvalue weighted by Crippen LogP contribution is 2.25. The lowest BCUT2D eigenvalue weighted by molar-refractivity contribution is -0.160.